The Hall–Kier alpha value is -1.00. The van der Waals surface area contributed by atoms with Gasteiger partial charge in [0.1, 0.15) is 0 Å². The van der Waals surface area contributed by atoms with E-state index in [1.165, 1.54) is 5.56 Å². The molecule has 106 valence electrons. The lowest BCUT2D eigenvalue weighted by Crippen LogP contribution is -2.36. The monoisotopic (exact) mass is 281 g/mol. The van der Waals surface area contributed by atoms with Gasteiger partial charge in [0.2, 0.25) is 5.91 Å². The fourth-order valence-corrected chi connectivity index (χ4v) is 2.75. The highest BCUT2D eigenvalue weighted by molar-refractivity contribution is 7.99. The molecule has 0 aliphatic heterocycles. The zero-order chi connectivity index (χ0) is 14.3. The van der Waals surface area contributed by atoms with Crippen LogP contribution in [0.15, 0.2) is 24.3 Å². The van der Waals surface area contributed by atoms with E-state index >= 15 is 0 Å². The van der Waals surface area contributed by atoms with Gasteiger partial charge in [-0.15, -0.1) is 11.8 Å². The summed E-state index contributed by atoms with van der Waals surface area (Å²) in [6.07, 6.45) is 0. The molecule has 0 saturated carbocycles. The summed E-state index contributed by atoms with van der Waals surface area (Å²) in [5, 5.41) is 8.96. The van der Waals surface area contributed by atoms with E-state index in [-0.39, 0.29) is 17.8 Å². The quantitative estimate of drug-likeness (QED) is 0.835. The van der Waals surface area contributed by atoms with Crippen molar-refractivity contribution in [3.63, 3.8) is 0 Å². The number of rotatable bonds is 7. The van der Waals surface area contributed by atoms with Crippen LogP contribution in [0.1, 0.15) is 31.9 Å². The lowest BCUT2D eigenvalue weighted by molar-refractivity contribution is -0.129. The van der Waals surface area contributed by atoms with Crippen molar-refractivity contribution in [3.8, 4) is 0 Å². The third-order valence-corrected chi connectivity index (χ3v) is 4.33. The molecule has 0 bridgehead atoms. The second-order valence-corrected chi connectivity index (χ2v) is 5.77. The molecule has 3 nitrogen and oxygen atoms in total. The molecule has 0 aliphatic carbocycles. The molecule has 1 amide bonds. The number of amides is 1. The van der Waals surface area contributed by atoms with E-state index in [2.05, 4.69) is 0 Å². The van der Waals surface area contributed by atoms with Crippen LogP contribution in [0.25, 0.3) is 0 Å². The fraction of sp³-hybridized carbons (Fsp3) is 0.533. The molecule has 1 aromatic carbocycles. The number of aliphatic hydroxyl groups is 1. The number of carbonyl (C=O) groups excluding carboxylic acids is 1. The van der Waals surface area contributed by atoms with Gasteiger partial charge in [0.15, 0.2) is 0 Å². The highest BCUT2D eigenvalue weighted by Gasteiger charge is 2.18. The van der Waals surface area contributed by atoms with Gasteiger partial charge >= 0.3 is 0 Å². The van der Waals surface area contributed by atoms with E-state index in [1.807, 2.05) is 49.9 Å². The number of aliphatic hydroxyl groups excluding tert-OH is 1. The Labute approximate surface area is 120 Å². The molecule has 0 aromatic heterocycles. The summed E-state index contributed by atoms with van der Waals surface area (Å²) in [6.45, 7) is 7.59. The summed E-state index contributed by atoms with van der Waals surface area (Å²) in [4.78, 5) is 14.0. The topological polar surface area (TPSA) is 40.5 Å². The molecular formula is C15H23NO2S. The van der Waals surface area contributed by atoms with E-state index in [9.17, 15) is 4.79 Å². The predicted molar refractivity (Wildman–Crippen MR) is 81.0 cm³/mol. The van der Waals surface area contributed by atoms with E-state index < -0.39 is 0 Å². The number of hydrogen-bond acceptors (Lipinski definition) is 3. The van der Waals surface area contributed by atoms with E-state index in [4.69, 9.17) is 5.11 Å². The van der Waals surface area contributed by atoms with Gasteiger partial charge in [0.25, 0.3) is 0 Å². The van der Waals surface area contributed by atoms with Gasteiger partial charge in [-0.25, -0.2) is 0 Å². The minimum atomic E-state index is -0.0163. The van der Waals surface area contributed by atoms with Crippen molar-refractivity contribution in [1.29, 1.82) is 0 Å². The van der Waals surface area contributed by atoms with Crippen LogP contribution in [0.5, 0.6) is 0 Å². The van der Waals surface area contributed by atoms with Gasteiger partial charge in [-0.05, 0) is 31.9 Å². The van der Waals surface area contributed by atoms with Gasteiger partial charge in [0, 0.05) is 18.8 Å². The van der Waals surface area contributed by atoms with Gasteiger partial charge < -0.3 is 10.0 Å². The smallest absolute Gasteiger partial charge is 0.235 e. The average Bonchev–Trinajstić information content (AvgIpc) is 2.46. The normalized spacial score (nSPS) is 12.2. The molecule has 1 atom stereocenters. The third-order valence-electron chi connectivity index (χ3n) is 3.13. The summed E-state index contributed by atoms with van der Waals surface area (Å²) in [5.41, 5.74) is 2.10. The number of thioether (sulfide) groups is 1. The van der Waals surface area contributed by atoms with Crippen molar-refractivity contribution in [2.24, 2.45) is 0 Å². The maximum Gasteiger partial charge on any atom is 0.235 e. The summed E-state index contributed by atoms with van der Waals surface area (Å²) in [6, 6.07) is 7.86. The minimum Gasteiger partial charge on any atom is -0.392 e. The average molecular weight is 281 g/mol. The van der Waals surface area contributed by atoms with Gasteiger partial charge in [0.05, 0.1) is 11.9 Å². The number of hydrogen-bond donors (Lipinski definition) is 1. The van der Waals surface area contributed by atoms with Crippen LogP contribution in [0.4, 0.5) is 0 Å². The van der Waals surface area contributed by atoms with Crippen LogP contribution in [0, 0.1) is 0 Å². The molecule has 1 rings (SSSR count). The van der Waals surface area contributed by atoms with Gasteiger partial charge in [-0.1, -0.05) is 24.3 Å². The van der Waals surface area contributed by atoms with Gasteiger partial charge in [-0.2, -0.15) is 0 Å². The van der Waals surface area contributed by atoms with E-state index in [1.54, 1.807) is 11.8 Å². The molecule has 4 heteroatoms. The fourth-order valence-electron chi connectivity index (χ4n) is 1.83. The SMILES string of the molecule is CCN(CC)C(=O)C(C)SCc1ccc(CO)cc1. The summed E-state index contributed by atoms with van der Waals surface area (Å²) >= 11 is 1.66. The Bertz CT molecular complexity index is 388. The van der Waals surface area contributed by atoms with E-state index in [0.717, 1.165) is 24.4 Å². The van der Waals surface area contributed by atoms with Crippen molar-refractivity contribution in [2.75, 3.05) is 13.1 Å². The van der Waals surface area contributed by atoms with Gasteiger partial charge in [-0.3, -0.25) is 4.79 Å². The molecule has 1 aromatic rings. The van der Waals surface area contributed by atoms with Crippen molar-refractivity contribution < 1.29 is 9.90 Å². The second kappa shape index (κ2) is 8.23. The first kappa shape index (κ1) is 16.1. The molecule has 0 aliphatic rings. The highest BCUT2D eigenvalue weighted by Crippen LogP contribution is 2.19. The number of benzene rings is 1. The Morgan fingerprint density at radius 2 is 1.74 bits per heavy atom. The summed E-state index contributed by atoms with van der Waals surface area (Å²) in [5.74, 6) is 1.03. The zero-order valence-corrected chi connectivity index (χ0v) is 12.7. The number of nitrogens with zero attached hydrogens (tertiary/aromatic N) is 1. The summed E-state index contributed by atoms with van der Waals surface area (Å²) < 4.78 is 0. The van der Waals surface area contributed by atoms with Crippen LogP contribution in [-0.2, 0) is 17.2 Å². The second-order valence-electron chi connectivity index (χ2n) is 4.44. The molecule has 0 saturated heterocycles. The largest absolute Gasteiger partial charge is 0.392 e. The van der Waals surface area contributed by atoms with Crippen LogP contribution in [0.3, 0.4) is 0 Å². The standard InChI is InChI=1S/C15H23NO2S/c1-4-16(5-2)15(18)12(3)19-11-14-8-6-13(10-17)7-9-14/h6-9,12,17H,4-5,10-11H2,1-3H3. The van der Waals surface area contributed by atoms with Crippen molar-refractivity contribution in [2.45, 2.75) is 38.4 Å². The van der Waals surface area contributed by atoms with E-state index in [0.29, 0.717) is 0 Å². The van der Waals surface area contributed by atoms with Crippen LogP contribution in [-0.4, -0.2) is 34.3 Å². The van der Waals surface area contributed by atoms with Crippen LogP contribution < -0.4 is 0 Å². The molecule has 0 fully saturated rings. The van der Waals surface area contributed by atoms with Crippen molar-refractivity contribution in [3.05, 3.63) is 35.4 Å². The third kappa shape index (κ3) is 4.88. The highest BCUT2D eigenvalue weighted by atomic mass is 32.2. The molecular weight excluding hydrogens is 258 g/mol. The molecule has 1 unspecified atom stereocenters. The molecule has 1 N–H and O–H groups in total. The lowest BCUT2D eigenvalue weighted by atomic mass is 10.2. The Kier molecular flexibility index (Phi) is 6.95. The van der Waals surface area contributed by atoms with Crippen molar-refractivity contribution >= 4 is 17.7 Å². The first-order chi connectivity index (χ1) is 9.12. The maximum atomic E-state index is 12.1. The predicted octanol–water partition coefficient (Wildman–Crippen LogP) is 2.67. The Balaban J connectivity index is 2.48. The minimum absolute atomic E-state index is 0.0163. The lowest BCUT2D eigenvalue weighted by Gasteiger charge is -2.22. The Morgan fingerprint density at radius 1 is 1.21 bits per heavy atom. The summed E-state index contributed by atoms with van der Waals surface area (Å²) in [7, 11) is 0. The molecule has 0 spiro atoms. The molecule has 19 heavy (non-hydrogen) atoms. The van der Waals surface area contributed by atoms with Crippen LogP contribution >= 0.6 is 11.8 Å². The first-order valence-electron chi connectivity index (χ1n) is 6.71. The Morgan fingerprint density at radius 3 is 2.21 bits per heavy atom. The molecule has 0 radical (unpaired) electrons. The first-order valence-corrected chi connectivity index (χ1v) is 7.76. The van der Waals surface area contributed by atoms with Crippen molar-refractivity contribution in [1.82, 2.24) is 4.90 Å². The zero-order valence-electron chi connectivity index (χ0n) is 11.9. The van der Waals surface area contributed by atoms with Crippen LogP contribution in [0.2, 0.25) is 0 Å². The molecule has 0 heterocycles. The number of carbonyl (C=O) groups is 1. The maximum absolute atomic E-state index is 12.1.